The van der Waals surface area contributed by atoms with Crippen molar-refractivity contribution in [3.63, 3.8) is 0 Å². The van der Waals surface area contributed by atoms with E-state index in [4.69, 9.17) is 0 Å². The zero-order valence-corrected chi connectivity index (χ0v) is 11.7. The predicted molar refractivity (Wildman–Crippen MR) is 73.6 cm³/mol. The van der Waals surface area contributed by atoms with Gasteiger partial charge < -0.3 is 16.0 Å². The molecule has 0 saturated carbocycles. The molecule has 1 saturated heterocycles. The number of aromatic nitrogens is 2. The Hall–Kier alpha value is -1.37. The predicted octanol–water partition coefficient (Wildman–Crippen LogP) is 1.36. The van der Waals surface area contributed by atoms with E-state index >= 15 is 0 Å². The molecular formula is C11H16BrN5O. The number of carbonyl (C=O) groups excluding carboxylic acids is 1. The van der Waals surface area contributed by atoms with Crippen molar-refractivity contribution in [2.24, 2.45) is 0 Å². The van der Waals surface area contributed by atoms with E-state index < -0.39 is 0 Å². The van der Waals surface area contributed by atoms with Gasteiger partial charge in [-0.1, -0.05) is 0 Å². The third-order valence-electron chi connectivity index (χ3n) is 2.73. The Labute approximate surface area is 114 Å². The van der Waals surface area contributed by atoms with Crippen molar-refractivity contribution in [1.82, 2.24) is 15.3 Å². The highest BCUT2D eigenvalue weighted by atomic mass is 79.9. The van der Waals surface area contributed by atoms with E-state index in [1.54, 1.807) is 0 Å². The first-order chi connectivity index (χ1) is 8.72. The summed E-state index contributed by atoms with van der Waals surface area (Å²) in [7, 11) is 0. The molecule has 1 aliphatic heterocycles. The van der Waals surface area contributed by atoms with E-state index in [1.165, 1.54) is 6.33 Å². The van der Waals surface area contributed by atoms with Crippen LogP contribution in [0.2, 0.25) is 0 Å². The molecule has 0 spiro atoms. The van der Waals surface area contributed by atoms with Crippen molar-refractivity contribution >= 4 is 33.5 Å². The first-order valence-electron chi connectivity index (χ1n) is 6.01. The van der Waals surface area contributed by atoms with E-state index in [1.807, 2.05) is 6.92 Å². The van der Waals surface area contributed by atoms with Gasteiger partial charge in [-0.15, -0.1) is 0 Å². The molecule has 0 bridgehead atoms. The Balaban J connectivity index is 2.13. The minimum Gasteiger partial charge on any atom is -0.369 e. The summed E-state index contributed by atoms with van der Waals surface area (Å²) in [6, 6.07) is -0.223. The van der Waals surface area contributed by atoms with Gasteiger partial charge in [0, 0.05) is 13.1 Å². The number of hydrogen-bond donors (Lipinski definition) is 3. The van der Waals surface area contributed by atoms with Gasteiger partial charge in [0.05, 0.1) is 0 Å². The maximum Gasteiger partial charge on any atom is 0.242 e. The molecular weight excluding hydrogens is 298 g/mol. The van der Waals surface area contributed by atoms with Gasteiger partial charge >= 0.3 is 0 Å². The zero-order chi connectivity index (χ0) is 13.0. The van der Waals surface area contributed by atoms with Gasteiger partial charge in [0.2, 0.25) is 5.91 Å². The maximum absolute atomic E-state index is 11.7. The topological polar surface area (TPSA) is 78.9 Å². The van der Waals surface area contributed by atoms with Crippen LogP contribution >= 0.6 is 15.9 Å². The molecule has 0 aromatic carbocycles. The van der Waals surface area contributed by atoms with Gasteiger partial charge in [-0.05, 0) is 35.7 Å². The average Bonchev–Trinajstić information content (AvgIpc) is 2.37. The molecule has 3 N–H and O–H groups in total. The maximum atomic E-state index is 11.7. The van der Waals surface area contributed by atoms with Crippen molar-refractivity contribution < 1.29 is 4.79 Å². The second-order valence-electron chi connectivity index (χ2n) is 4.05. The number of amides is 1. The van der Waals surface area contributed by atoms with E-state index in [0.29, 0.717) is 5.82 Å². The summed E-state index contributed by atoms with van der Waals surface area (Å²) in [6.07, 6.45) is 3.27. The number of hydrogen-bond acceptors (Lipinski definition) is 5. The van der Waals surface area contributed by atoms with Crippen LogP contribution in [0.5, 0.6) is 0 Å². The summed E-state index contributed by atoms with van der Waals surface area (Å²) in [4.78, 5) is 20.0. The molecule has 1 aliphatic rings. The van der Waals surface area contributed by atoms with Crippen molar-refractivity contribution in [3.05, 3.63) is 10.8 Å². The third kappa shape index (κ3) is 2.90. The van der Waals surface area contributed by atoms with Gasteiger partial charge in [0.25, 0.3) is 0 Å². The summed E-state index contributed by atoms with van der Waals surface area (Å²) < 4.78 is 0.755. The Morgan fingerprint density at radius 3 is 3.00 bits per heavy atom. The molecule has 98 valence electrons. The van der Waals surface area contributed by atoms with Gasteiger partial charge in [-0.2, -0.15) is 0 Å². The lowest BCUT2D eigenvalue weighted by Crippen LogP contribution is -2.44. The molecule has 2 heterocycles. The van der Waals surface area contributed by atoms with E-state index in [-0.39, 0.29) is 11.9 Å². The number of rotatable bonds is 4. The molecule has 18 heavy (non-hydrogen) atoms. The van der Waals surface area contributed by atoms with Crippen LogP contribution in [0.1, 0.15) is 19.8 Å². The van der Waals surface area contributed by atoms with Crippen LogP contribution in [0.4, 0.5) is 11.6 Å². The lowest BCUT2D eigenvalue weighted by molar-refractivity contribution is -0.123. The minimum atomic E-state index is -0.223. The fourth-order valence-electron chi connectivity index (χ4n) is 1.84. The van der Waals surface area contributed by atoms with Crippen LogP contribution in [0.25, 0.3) is 0 Å². The smallest absolute Gasteiger partial charge is 0.242 e. The Bertz CT molecular complexity index is 439. The Morgan fingerprint density at radius 1 is 1.50 bits per heavy atom. The molecule has 1 unspecified atom stereocenters. The van der Waals surface area contributed by atoms with E-state index in [2.05, 4.69) is 41.8 Å². The second-order valence-corrected chi connectivity index (χ2v) is 4.84. The number of anilines is 2. The SMILES string of the molecule is CCNc1ncnc(NC2CCCNC2=O)c1Br. The van der Waals surface area contributed by atoms with Crippen molar-refractivity contribution in [3.8, 4) is 0 Å². The molecule has 1 atom stereocenters. The van der Waals surface area contributed by atoms with Crippen molar-refractivity contribution in [1.29, 1.82) is 0 Å². The summed E-state index contributed by atoms with van der Waals surface area (Å²) in [6.45, 7) is 3.53. The standard InChI is InChI=1S/C11H16BrN5O/c1-2-13-9-8(12)10(16-6-15-9)17-7-4-3-5-14-11(7)18/h6-7H,2-5H2,1H3,(H,14,18)(H2,13,15,16,17). The normalized spacial score (nSPS) is 19.2. The molecule has 0 aliphatic carbocycles. The average molecular weight is 314 g/mol. The highest BCUT2D eigenvalue weighted by molar-refractivity contribution is 9.10. The van der Waals surface area contributed by atoms with E-state index in [9.17, 15) is 4.79 Å². The summed E-state index contributed by atoms with van der Waals surface area (Å²) in [5.41, 5.74) is 0. The molecule has 6 nitrogen and oxygen atoms in total. The van der Waals surface area contributed by atoms with Crippen LogP contribution in [-0.4, -0.2) is 35.0 Å². The minimum absolute atomic E-state index is 0.0248. The molecule has 0 radical (unpaired) electrons. The van der Waals surface area contributed by atoms with Crippen LogP contribution < -0.4 is 16.0 Å². The largest absolute Gasteiger partial charge is 0.369 e. The van der Waals surface area contributed by atoms with Gasteiger partial charge in [0.15, 0.2) is 0 Å². The molecule has 1 aromatic rings. The lowest BCUT2D eigenvalue weighted by Gasteiger charge is -2.23. The molecule has 1 amide bonds. The first kappa shape index (κ1) is 13.1. The summed E-state index contributed by atoms with van der Waals surface area (Å²) in [5, 5.41) is 9.11. The molecule has 1 fully saturated rings. The molecule has 1 aromatic heterocycles. The van der Waals surface area contributed by atoms with Gasteiger partial charge in [-0.3, -0.25) is 4.79 Å². The Morgan fingerprint density at radius 2 is 2.28 bits per heavy atom. The lowest BCUT2D eigenvalue weighted by atomic mass is 10.1. The molecule has 7 heteroatoms. The number of carbonyl (C=O) groups is 1. The highest BCUT2D eigenvalue weighted by Crippen LogP contribution is 2.27. The number of halogens is 1. The number of piperidine rings is 1. The second kappa shape index (κ2) is 5.99. The van der Waals surface area contributed by atoms with Gasteiger partial charge in [-0.25, -0.2) is 9.97 Å². The quantitative estimate of drug-likeness (QED) is 0.782. The highest BCUT2D eigenvalue weighted by Gasteiger charge is 2.23. The number of nitrogens with one attached hydrogen (secondary N) is 3. The van der Waals surface area contributed by atoms with Crippen LogP contribution in [0.15, 0.2) is 10.8 Å². The summed E-state index contributed by atoms with van der Waals surface area (Å²) >= 11 is 3.45. The van der Waals surface area contributed by atoms with Crippen LogP contribution in [-0.2, 0) is 4.79 Å². The van der Waals surface area contributed by atoms with Crippen LogP contribution in [0.3, 0.4) is 0 Å². The monoisotopic (exact) mass is 313 g/mol. The first-order valence-corrected chi connectivity index (χ1v) is 6.80. The molecule has 2 rings (SSSR count). The van der Waals surface area contributed by atoms with Crippen molar-refractivity contribution in [2.45, 2.75) is 25.8 Å². The summed E-state index contributed by atoms with van der Waals surface area (Å²) in [5.74, 6) is 1.39. The van der Waals surface area contributed by atoms with E-state index in [0.717, 1.165) is 36.2 Å². The Kier molecular flexibility index (Phi) is 4.35. The number of nitrogens with zero attached hydrogens (tertiary/aromatic N) is 2. The fraction of sp³-hybridized carbons (Fsp3) is 0.545. The fourth-order valence-corrected chi connectivity index (χ4v) is 2.30. The zero-order valence-electron chi connectivity index (χ0n) is 10.2. The van der Waals surface area contributed by atoms with Crippen molar-refractivity contribution in [2.75, 3.05) is 23.7 Å². The van der Waals surface area contributed by atoms with Gasteiger partial charge in [0.1, 0.15) is 28.5 Å². The third-order valence-corrected chi connectivity index (χ3v) is 3.48. The van der Waals surface area contributed by atoms with Crippen LogP contribution in [0, 0.1) is 0 Å².